The average molecular weight is 606 g/mol. The Bertz CT molecular complexity index is 1050. The van der Waals surface area contributed by atoms with Crippen molar-refractivity contribution >= 4 is 61.7 Å². The van der Waals surface area contributed by atoms with Crippen molar-refractivity contribution in [2.24, 2.45) is 0 Å². The third kappa shape index (κ3) is 8.15. The van der Waals surface area contributed by atoms with E-state index >= 15 is 0 Å². The van der Waals surface area contributed by atoms with Crippen LogP contribution in [0.4, 0.5) is 5.69 Å². The summed E-state index contributed by atoms with van der Waals surface area (Å²) >= 11 is 8.11. The van der Waals surface area contributed by atoms with Crippen LogP contribution in [0.15, 0.2) is 48.5 Å². The van der Waals surface area contributed by atoms with E-state index in [1.165, 1.54) is 4.90 Å². The first-order chi connectivity index (χ1) is 15.6. The average Bonchev–Trinajstić information content (AvgIpc) is 2.77. The minimum absolute atomic E-state index is 0.151. The van der Waals surface area contributed by atoms with Gasteiger partial charge in [0, 0.05) is 21.7 Å². The van der Waals surface area contributed by atoms with Crippen LogP contribution in [-0.4, -0.2) is 50.5 Å². The maximum atomic E-state index is 13.5. The number of nitrogens with zero attached hydrogens (tertiary/aromatic N) is 2. The number of hydrogen-bond donors (Lipinski definition) is 1. The SMILES string of the molecule is CCCNC(=O)[C@@H](CC)N(Cc1ccc(Cl)cc1)C(=O)CN(c1ccc(I)cc1)S(C)(=O)=O. The van der Waals surface area contributed by atoms with Gasteiger partial charge < -0.3 is 10.2 Å². The van der Waals surface area contributed by atoms with Crippen LogP contribution in [0.25, 0.3) is 0 Å². The Morgan fingerprint density at radius 1 is 1.06 bits per heavy atom. The number of nitrogens with one attached hydrogen (secondary N) is 1. The van der Waals surface area contributed by atoms with Gasteiger partial charge in [-0.2, -0.15) is 0 Å². The lowest BCUT2D eigenvalue weighted by atomic mass is 10.1. The molecule has 2 amide bonds. The Kier molecular flexibility index (Phi) is 10.4. The Labute approximate surface area is 214 Å². The fourth-order valence-corrected chi connectivity index (χ4v) is 4.63. The standard InChI is InChI=1S/C23H29ClIN3O4S/c1-4-14-26-23(30)21(5-2)27(15-17-6-8-18(24)9-7-17)22(29)16-28(33(3,31)32)20-12-10-19(25)11-13-20/h6-13,21H,4-5,14-16H2,1-3H3,(H,26,30)/t21-/m1/s1. The number of benzene rings is 2. The smallest absolute Gasteiger partial charge is 0.244 e. The third-order valence-corrected chi connectivity index (χ3v) is 7.11. The molecule has 180 valence electrons. The molecule has 0 aliphatic rings. The van der Waals surface area contributed by atoms with Gasteiger partial charge in [0.1, 0.15) is 12.6 Å². The van der Waals surface area contributed by atoms with Crippen LogP contribution in [0.5, 0.6) is 0 Å². The molecule has 0 heterocycles. The molecule has 0 aromatic heterocycles. The second-order valence-corrected chi connectivity index (χ2v) is 11.2. The van der Waals surface area contributed by atoms with E-state index in [2.05, 4.69) is 27.9 Å². The summed E-state index contributed by atoms with van der Waals surface area (Å²) in [7, 11) is -3.74. The highest BCUT2D eigenvalue weighted by atomic mass is 127. The number of anilines is 1. The van der Waals surface area contributed by atoms with Crippen LogP contribution in [0.2, 0.25) is 5.02 Å². The zero-order valence-corrected chi connectivity index (χ0v) is 22.7. The second-order valence-electron chi connectivity index (χ2n) is 7.61. The lowest BCUT2D eigenvalue weighted by molar-refractivity contribution is -0.140. The number of halogens is 2. The van der Waals surface area contributed by atoms with E-state index in [0.29, 0.717) is 23.7 Å². The Balaban J connectivity index is 2.39. The van der Waals surface area contributed by atoms with Crippen molar-refractivity contribution in [2.45, 2.75) is 39.3 Å². The molecule has 2 rings (SSSR count). The molecule has 2 aromatic carbocycles. The lowest BCUT2D eigenvalue weighted by Gasteiger charge is -2.33. The molecule has 0 fully saturated rings. The van der Waals surface area contributed by atoms with Gasteiger partial charge in [-0.05, 0) is 77.4 Å². The van der Waals surface area contributed by atoms with Gasteiger partial charge in [0.2, 0.25) is 21.8 Å². The molecular weight excluding hydrogens is 577 g/mol. The molecule has 10 heteroatoms. The van der Waals surface area contributed by atoms with Crippen LogP contribution >= 0.6 is 34.2 Å². The van der Waals surface area contributed by atoms with Crippen LogP contribution in [0.3, 0.4) is 0 Å². The van der Waals surface area contributed by atoms with Crippen molar-refractivity contribution in [1.82, 2.24) is 10.2 Å². The minimum atomic E-state index is -3.74. The van der Waals surface area contributed by atoms with E-state index in [0.717, 1.165) is 26.1 Å². The van der Waals surface area contributed by atoms with Gasteiger partial charge >= 0.3 is 0 Å². The molecule has 0 spiro atoms. The van der Waals surface area contributed by atoms with Crippen molar-refractivity contribution in [3.05, 3.63) is 62.7 Å². The summed E-state index contributed by atoms with van der Waals surface area (Å²) in [6, 6.07) is 13.1. The molecule has 0 saturated carbocycles. The van der Waals surface area contributed by atoms with Gasteiger partial charge in [-0.25, -0.2) is 8.42 Å². The fourth-order valence-electron chi connectivity index (χ4n) is 3.29. The molecule has 33 heavy (non-hydrogen) atoms. The number of rotatable bonds is 11. The summed E-state index contributed by atoms with van der Waals surface area (Å²) < 4.78 is 27.1. The van der Waals surface area contributed by atoms with E-state index in [9.17, 15) is 18.0 Å². The number of carbonyl (C=O) groups excluding carboxylic acids is 2. The van der Waals surface area contributed by atoms with E-state index in [1.54, 1.807) is 48.5 Å². The quantitative estimate of drug-likeness (QED) is 0.392. The normalized spacial score (nSPS) is 12.2. The first-order valence-corrected chi connectivity index (χ1v) is 13.9. The maximum Gasteiger partial charge on any atom is 0.244 e. The van der Waals surface area contributed by atoms with Crippen molar-refractivity contribution in [3.8, 4) is 0 Å². The summed E-state index contributed by atoms with van der Waals surface area (Å²) in [4.78, 5) is 27.8. The lowest BCUT2D eigenvalue weighted by Crippen LogP contribution is -2.52. The summed E-state index contributed by atoms with van der Waals surface area (Å²) in [5.41, 5.74) is 1.18. The van der Waals surface area contributed by atoms with Gasteiger partial charge in [-0.15, -0.1) is 0 Å². The molecule has 1 atom stereocenters. The summed E-state index contributed by atoms with van der Waals surface area (Å²) in [6.07, 6.45) is 2.21. The van der Waals surface area contributed by atoms with E-state index in [1.807, 2.05) is 13.8 Å². The monoisotopic (exact) mass is 605 g/mol. The van der Waals surface area contributed by atoms with Crippen molar-refractivity contribution in [3.63, 3.8) is 0 Å². The molecule has 1 N–H and O–H groups in total. The van der Waals surface area contributed by atoms with Crippen LogP contribution < -0.4 is 9.62 Å². The van der Waals surface area contributed by atoms with E-state index < -0.39 is 28.5 Å². The Morgan fingerprint density at radius 2 is 1.67 bits per heavy atom. The molecule has 0 aliphatic heterocycles. The highest BCUT2D eigenvalue weighted by Crippen LogP contribution is 2.21. The van der Waals surface area contributed by atoms with Gasteiger partial charge in [-0.1, -0.05) is 37.6 Å². The number of hydrogen-bond acceptors (Lipinski definition) is 4. The number of sulfonamides is 1. The van der Waals surface area contributed by atoms with Crippen molar-refractivity contribution < 1.29 is 18.0 Å². The van der Waals surface area contributed by atoms with E-state index in [-0.39, 0.29) is 12.5 Å². The summed E-state index contributed by atoms with van der Waals surface area (Å²) in [6.45, 7) is 4.01. The molecular formula is C23H29ClIN3O4S. The first kappa shape index (κ1) is 27.4. The largest absolute Gasteiger partial charge is 0.354 e. The third-order valence-electron chi connectivity index (χ3n) is 5.00. The maximum absolute atomic E-state index is 13.5. The topological polar surface area (TPSA) is 86.8 Å². The zero-order valence-electron chi connectivity index (χ0n) is 18.9. The first-order valence-electron chi connectivity index (χ1n) is 10.6. The summed E-state index contributed by atoms with van der Waals surface area (Å²) in [5, 5.41) is 3.41. The van der Waals surface area contributed by atoms with Gasteiger partial charge in [0.15, 0.2) is 0 Å². The second kappa shape index (κ2) is 12.6. The number of amides is 2. The van der Waals surface area contributed by atoms with Crippen molar-refractivity contribution in [1.29, 1.82) is 0 Å². The van der Waals surface area contributed by atoms with E-state index in [4.69, 9.17) is 11.6 Å². The zero-order chi connectivity index (χ0) is 24.6. The Hall–Kier alpha value is -1.85. The molecule has 0 radical (unpaired) electrons. The predicted molar refractivity (Wildman–Crippen MR) is 141 cm³/mol. The van der Waals surface area contributed by atoms with Gasteiger partial charge in [-0.3, -0.25) is 13.9 Å². The Morgan fingerprint density at radius 3 is 2.18 bits per heavy atom. The van der Waals surface area contributed by atoms with Crippen molar-refractivity contribution in [2.75, 3.05) is 23.7 Å². The minimum Gasteiger partial charge on any atom is -0.354 e. The van der Waals surface area contributed by atoms with Crippen LogP contribution in [0, 0.1) is 3.57 Å². The highest BCUT2D eigenvalue weighted by molar-refractivity contribution is 14.1. The molecule has 2 aromatic rings. The predicted octanol–water partition coefficient (Wildman–Crippen LogP) is 4.04. The van der Waals surface area contributed by atoms with Crippen LogP contribution in [-0.2, 0) is 26.2 Å². The molecule has 0 aliphatic carbocycles. The fraction of sp³-hybridized carbons (Fsp3) is 0.391. The highest BCUT2D eigenvalue weighted by Gasteiger charge is 2.31. The molecule has 0 bridgehead atoms. The molecule has 7 nitrogen and oxygen atoms in total. The van der Waals surface area contributed by atoms with Gasteiger partial charge in [0.05, 0.1) is 11.9 Å². The summed E-state index contributed by atoms with van der Waals surface area (Å²) in [5.74, 6) is -0.728. The van der Waals surface area contributed by atoms with Gasteiger partial charge in [0.25, 0.3) is 0 Å². The molecule has 0 unspecified atom stereocenters. The van der Waals surface area contributed by atoms with Crippen LogP contribution in [0.1, 0.15) is 32.3 Å². The molecule has 0 saturated heterocycles. The number of carbonyl (C=O) groups is 2.